The van der Waals surface area contributed by atoms with Gasteiger partial charge >= 0.3 is 5.97 Å². The fourth-order valence-electron chi connectivity index (χ4n) is 9.43. The minimum absolute atomic E-state index is 0.0507. The number of ether oxygens (including phenoxy) is 1. The highest BCUT2D eigenvalue weighted by atomic mass is 16.5. The number of hydrogen-bond donors (Lipinski definition) is 1. The first-order valence-electron chi connectivity index (χ1n) is 13.6. The molecular formula is C29H48O3. The van der Waals surface area contributed by atoms with Crippen LogP contribution in [0, 0.1) is 46.3 Å². The zero-order chi connectivity index (χ0) is 23.3. The molecule has 0 aromatic heterocycles. The summed E-state index contributed by atoms with van der Waals surface area (Å²) in [5.74, 6) is 4.64. The molecule has 10 atom stereocenters. The van der Waals surface area contributed by atoms with Crippen molar-refractivity contribution in [3.05, 3.63) is 12.2 Å². The average Bonchev–Trinajstić information content (AvgIpc) is 3.08. The van der Waals surface area contributed by atoms with Crippen molar-refractivity contribution in [2.24, 2.45) is 46.3 Å². The van der Waals surface area contributed by atoms with Crippen LogP contribution in [0.4, 0.5) is 0 Å². The van der Waals surface area contributed by atoms with Crippen LogP contribution < -0.4 is 0 Å². The van der Waals surface area contributed by atoms with Gasteiger partial charge in [0.1, 0.15) is 6.10 Å². The van der Waals surface area contributed by atoms with Gasteiger partial charge in [0.15, 0.2) is 0 Å². The van der Waals surface area contributed by atoms with E-state index in [2.05, 4.69) is 27.4 Å². The van der Waals surface area contributed by atoms with E-state index in [-0.39, 0.29) is 18.2 Å². The second-order valence-electron chi connectivity index (χ2n) is 12.8. The number of esters is 1. The largest absolute Gasteiger partial charge is 0.458 e. The molecule has 32 heavy (non-hydrogen) atoms. The summed E-state index contributed by atoms with van der Waals surface area (Å²) in [6.45, 7) is 15.2. The Balaban J connectivity index is 1.43. The van der Waals surface area contributed by atoms with Crippen LogP contribution in [0.3, 0.4) is 0 Å². The van der Waals surface area contributed by atoms with Gasteiger partial charge in [0.25, 0.3) is 0 Å². The van der Waals surface area contributed by atoms with Crippen molar-refractivity contribution in [3.8, 4) is 0 Å². The van der Waals surface area contributed by atoms with Gasteiger partial charge in [-0.1, -0.05) is 27.4 Å². The molecular weight excluding hydrogens is 396 g/mol. The van der Waals surface area contributed by atoms with Crippen LogP contribution in [-0.2, 0) is 9.53 Å². The van der Waals surface area contributed by atoms with E-state index in [1.807, 2.05) is 6.92 Å². The third kappa shape index (κ3) is 4.21. The van der Waals surface area contributed by atoms with Gasteiger partial charge in [-0.15, -0.1) is 0 Å². The highest BCUT2D eigenvalue weighted by Gasteiger charge is 2.60. The summed E-state index contributed by atoms with van der Waals surface area (Å²) in [7, 11) is 0. The maximum Gasteiger partial charge on any atom is 0.303 e. The van der Waals surface area contributed by atoms with Crippen LogP contribution >= 0.6 is 0 Å². The van der Waals surface area contributed by atoms with E-state index >= 15 is 0 Å². The first-order chi connectivity index (χ1) is 15.1. The van der Waals surface area contributed by atoms with E-state index in [1.165, 1.54) is 51.9 Å². The number of aliphatic hydroxyl groups is 1. The summed E-state index contributed by atoms with van der Waals surface area (Å²) in [5, 5.41) is 10.3. The van der Waals surface area contributed by atoms with Crippen molar-refractivity contribution < 1.29 is 14.6 Å². The second-order valence-corrected chi connectivity index (χ2v) is 12.8. The lowest BCUT2D eigenvalue weighted by Crippen LogP contribution is -2.54. The molecule has 3 heteroatoms. The van der Waals surface area contributed by atoms with Crippen LogP contribution in [0.15, 0.2) is 12.2 Å². The molecule has 4 rings (SSSR count). The molecule has 4 aliphatic rings. The van der Waals surface area contributed by atoms with Crippen molar-refractivity contribution in [2.75, 3.05) is 0 Å². The molecule has 1 N–H and O–H groups in total. The van der Waals surface area contributed by atoms with Gasteiger partial charge in [0.05, 0.1) is 6.10 Å². The van der Waals surface area contributed by atoms with Crippen LogP contribution in [0.25, 0.3) is 0 Å². The third-order valence-electron chi connectivity index (χ3n) is 11.1. The normalized spacial score (nSPS) is 45.2. The Kier molecular flexibility index (Phi) is 6.90. The average molecular weight is 445 g/mol. The quantitative estimate of drug-likeness (QED) is 0.357. The summed E-state index contributed by atoms with van der Waals surface area (Å²) >= 11 is 0. The van der Waals surface area contributed by atoms with Crippen LogP contribution in [0.5, 0.6) is 0 Å². The monoisotopic (exact) mass is 444 g/mol. The summed E-state index contributed by atoms with van der Waals surface area (Å²) in [4.78, 5) is 11.5. The Bertz CT molecular complexity index is 715. The Morgan fingerprint density at radius 1 is 1.00 bits per heavy atom. The zero-order valence-corrected chi connectivity index (χ0v) is 21.4. The van der Waals surface area contributed by atoms with E-state index in [4.69, 9.17) is 4.74 Å². The lowest BCUT2D eigenvalue weighted by atomic mass is 9.44. The van der Waals surface area contributed by atoms with Crippen molar-refractivity contribution in [3.63, 3.8) is 0 Å². The van der Waals surface area contributed by atoms with E-state index in [9.17, 15) is 9.90 Å². The molecule has 3 nitrogen and oxygen atoms in total. The van der Waals surface area contributed by atoms with Gasteiger partial charge in [0.2, 0.25) is 0 Å². The molecule has 4 aliphatic carbocycles. The number of fused-ring (bicyclic) bond motifs is 5. The second kappa shape index (κ2) is 9.08. The summed E-state index contributed by atoms with van der Waals surface area (Å²) in [5.41, 5.74) is 1.90. The number of hydrogen-bond acceptors (Lipinski definition) is 3. The first kappa shape index (κ1) is 24.3. The van der Waals surface area contributed by atoms with Crippen molar-refractivity contribution >= 4 is 5.97 Å². The summed E-state index contributed by atoms with van der Waals surface area (Å²) in [6, 6.07) is 0. The van der Waals surface area contributed by atoms with Gasteiger partial charge < -0.3 is 9.84 Å². The molecule has 4 saturated carbocycles. The summed E-state index contributed by atoms with van der Waals surface area (Å²) in [6.07, 6.45) is 13.4. The first-order valence-corrected chi connectivity index (χ1v) is 13.6. The van der Waals surface area contributed by atoms with Crippen LogP contribution in [-0.4, -0.2) is 23.3 Å². The fourth-order valence-corrected chi connectivity index (χ4v) is 9.43. The van der Waals surface area contributed by atoms with Crippen molar-refractivity contribution in [1.82, 2.24) is 0 Å². The Hall–Kier alpha value is -0.830. The van der Waals surface area contributed by atoms with Gasteiger partial charge in [-0.3, -0.25) is 4.79 Å². The number of aliphatic hydroxyl groups excluding tert-OH is 1. The predicted molar refractivity (Wildman–Crippen MR) is 130 cm³/mol. The van der Waals surface area contributed by atoms with Crippen molar-refractivity contribution in [2.45, 2.75) is 117 Å². The molecule has 0 aliphatic heterocycles. The lowest BCUT2D eigenvalue weighted by molar-refractivity contribution is -0.145. The molecule has 0 spiro atoms. The fraction of sp³-hybridized carbons (Fsp3) is 0.897. The lowest BCUT2D eigenvalue weighted by Gasteiger charge is -2.61. The minimum atomic E-state index is -0.198. The smallest absolute Gasteiger partial charge is 0.303 e. The molecule has 0 aromatic rings. The van der Waals surface area contributed by atoms with E-state index in [0.717, 1.165) is 60.8 Å². The molecule has 182 valence electrons. The van der Waals surface area contributed by atoms with Crippen molar-refractivity contribution in [1.29, 1.82) is 0 Å². The maximum atomic E-state index is 11.5. The third-order valence-corrected chi connectivity index (χ3v) is 11.1. The van der Waals surface area contributed by atoms with E-state index in [0.29, 0.717) is 16.7 Å². The Morgan fingerprint density at radius 3 is 2.38 bits per heavy atom. The highest BCUT2D eigenvalue weighted by molar-refractivity contribution is 5.66. The Morgan fingerprint density at radius 2 is 1.69 bits per heavy atom. The molecule has 4 fully saturated rings. The molecule has 0 heterocycles. The van der Waals surface area contributed by atoms with Gasteiger partial charge in [0, 0.05) is 6.92 Å². The molecule has 0 saturated heterocycles. The Labute approximate surface area is 196 Å². The standard InChI is InChI=1S/C29H48O3/c1-18(2)27(32-20(4)30)12-7-19(3)24-10-11-25-23-9-8-21-17-22(31)13-15-28(21,5)26(23)14-16-29(24,25)6/h19,21-27,31H,1,7-17H2,2-6H3/t19-,21-,22-,23+,24-,25+,26+,27+,28+,29-/m1/s1. The molecule has 0 amide bonds. The topological polar surface area (TPSA) is 46.5 Å². The van der Waals surface area contributed by atoms with Gasteiger partial charge in [-0.05, 0) is 129 Å². The number of rotatable bonds is 6. The number of carbonyl (C=O) groups excluding carboxylic acids is 1. The molecule has 0 aromatic carbocycles. The predicted octanol–water partition coefficient (Wildman–Crippen LogP) is 6.93. The molecule has 0 unspecified atom stereocenters. The van der Waals surface area contributed by atoms with Gasteiger partial charge in [-0.2, -0.15) is 0 Å². The zero-order valence-electron chi connectivity index (χ0n) is 21.4. The van der Waals surface area contributed by atoms with Crippen LogP contribution in [0.2, 0.25) is 0 Å². The highest BCUT2D eigenvalue weighted by Crippen LogP contribution is 2.68. The van der Waals surface area contributed by atoms with Gasteiger partial charge in [-0.25, -0.2) is 0 Å². The van der Waals surface area contributed by atoms with E-state index < -0.39 is 0 Å². The maximum absolute atomic E-state index is 11.5. The molecule has 0 radical (unpaired) electrons. The SMILES string of the molecule is C=C(C)[C@H](CC[C@@H](C)[C@H]1CC[C@H]2[C@@H]3CC[C@@H]4C[C@H](O)CC[C@]4(C)[C@H]3CC[C@]12C)OC(C)=O. The number of carbonyl (C=O) groups is 1. The minimum Gasteiger partial charge on any atom is -0.458 e. The molecule has 0 bridgehead atoms. The van der Waals surface area contributed by atoms with E-state index in [1.54, 1.807) is 0 Å². The summed E-state index contributed by atoms with van der Waals surface area (Å²) < 4.78 is 5.54. The van der Waals surface area contributed by atoms with Crippen LogP contribution in [0.1, 0.15) is 105 Å².